The van der Waals surface area contributed by atoms with Crippen molar-refractivity contribution in [3.63, 3.8) is 0 Å². The van der Waals surface area contributed by atoms with Crippen molar-refractivity contribution < 1.29 is 23.7 Å². The molecule has 4 rings (SSSR count). The molecule has 0 saturated carbocycles. The van der Waals surface area contributed by atoms with E-state index in [4.69, 9.17) is 18.9 Å². The van der Waals surface area contributed by atoms with Gasteiger partial charge in [0.15, 0.2) is 11.5 Å². The number of carbonyl (C=O) groups excluding carboxylic acids is 1. The van der Waals surface area contributed by atoms with Crippen LogP contribution in [0.3, 0.4) is 0 Å². The van der Waals surface area contributed by atoms with E-state index in [-0.39, 0.29) is 12.0 Å². The second-order valence-electron chi connectivity index (χ2n) is 8.04. The van der Waals surface area contributed by atoms with Gasteiger partial charge in [0.25, 0.3) is 0 Å². The Labute approximate surface area is 183 Å². The number of nitrogens with zero attached hydrogens (tertiary/aromatic N) is 2. The Kier molecular flexibility index (Phi) is 6.51. The molecule has 0 aliphatic carbocycles. The fourth-order valence-electron chi connectivity index (χ4n) is 4.17. The topological polar surface area (TPSA) is 60.5 Å². The first-order valence-electron chi connectivity index (χ1n) is 10.7. The van der Waals surface area contributed by atoms with Crippen LogP contribution in [0.15, 0.2) is 36.4 Å². The van der Waals surface area contributed by atoms with E-state index in [9.17, 15) is 4.79 Å². The average molecular weight is 427 g/mol. The quantitative estimate of drug-likeness (QED) is 0.749. The van der Waals surface area contributed by atoms with Crippen LogP contribution in [0, 0.1) is 0 Å². The summed E-state index contributed by atoms with van der Waals surface area (Å²) >= 11 is 0. The number of methoxy groups -OCH3 is 2. The summed E-state index contributed by atoms with van der Waals surface area (Å²) in [6, 6.07) is 11.7. The summed E-state index contributed by atoms with van der Waals surface area (Å²) in [5.74, 6) is 3.15. The molecule has 2 aromatic rings. The maximum Gasteiger partial charge on any atom is 0.237 e. The lowest BCUT2D eigenvalue weighted by atomic mass is 10.1. The van der Waals surface area contributed by atoms with E-state index >= 15 is 0 Å². The minimum absolute atomic E-state index is 0.0214. The average Bonchev–Trinajstić information content (AvgIpc) is 2.90. The number of carbonyl (C=O) groups is 1. The Balaban J connectivity index is 1.49. The fourth-order valence-corrected chi connectivity index (χ4v) is 4.17. The SMILES string of the molecule is COc1ccc2c(c1)OC(C)CN(CC(=O)N1CCCOc3c(cccc3OC)C1)C2. The number of rotatable bonds is 4. The Morgan fingerprint density at radius 1 is 1.13 bits per heavy atom. The molecule has 1 atom stereocenters. The van der Waals surface area contributed by atoms with E-state index in [0.29, 0.717) is 45.1 Å². The predicted molar refractivity (Wildman–Crippen MR) is 117 cm³/mol. The van der Waals surface area contributed by atoms with Gasteiger partial charge in [0, 0.05) is 43.4 Å². The number of benzene rings is 2. The lowest BCUT2D eigenvalue weighted by molar-refractivity contribution is -0.133. The number of ether oxygens (including phenoxy) is 4. The Morgan fingerprint density at radius 3 is 2.81 bits per heavy atom. The molecule has 2 aromatic carbocycles. The van der Waals surface area contributed by atoms with Gasteiger partial charge in [0.1, 0.15) is 17.6 Å². The molecule has 2 aliphatic heterocycles. The molecule has 7 nitrogen and oxygen atoms in total. The van der Waals surface area contributed by atoms with Gasteiger partial charge in [-0.2, -0.15) is 0 Å². The summed E-state index contributed by atoms with van der Waals surface area (Å²) in [6.07, 6.45) is 0.762. The van der Waals surface area contributed by atoms with Gasteiger partial charge in [-0.15, -0.1) is 0 Å². The van der Waals surface area contributed by atoms with Crippen LogP contribution < -0.4 is 18.9 Å². The van der Waals surface area contributed by atoms with Gasteiger partial charge in [0.2, 0.25) is 5.91 Å². The number of amides is 1. The summed E-state index contributed by atoms with van der Waals surface area (Å²) < 4.78 is 22.8. The number of hydrogen-bond donors (Lipinski definition) is 0. The number of hydrogen-bond acceptors (Lipinski definition) is 6. The molecule has 2 aliphatic rings. The monoisotopic (exact) mass is 426 g/mol. The molecule has 1 unspecified atom stereocenters. The van der Waals surface area contributed by atoms with Crippen molar-refractivity contribution >= 4 is 5.91 Å². The van der Waals surface area contributed by atoms with Gasteiger partial charge in [0.05, 0.1) is 27.4 Å². The largest absolute Gasteiger partial charge is 0.497 e. The third-order valence-corrected chi connectivity index (χ3v) is 5.68. The Bertz CT molecular complexity index is 932. The summed E-state index contributed by atoms with van der Waals surface area (Å²) in [7, 11) is 3.28. The molecule has 0 radical (unpaired) electrons. The van der Waals surface area contributed by atoms with E-state index in [1.54, 1.807) is 14.2 Å². The van der Waals surface area contributed by atoms with Gasteiger partial charge in [-0.25, -0.2) is 0 Å². The van der Waals surface area contributed by atoms with Gasteiger partial charge in [-0.3, -0.25) is 9.69 Å². The Morgan fingerprint density at radius 2 is 2.00 bits per heavy atom. The van der Waals surface area contributed by atoms with Crippen LogP contribution in [0.5, 0.6) is 23.0 Å². The van der Waals surface area contributed by atoms with Crippen LogP contribution >= 0.6 is 0 Å². The van der Waals surface area contributed by atoms with Crippen LogP contribution in [0.25, 0.3) is 0 Å². The number of para-hydroxylation sites is 1. The van der Waals surface area contributed by atoms with Crippen molar-refractivity contribution in [2.45, 2.75) is 32.5 Å². The molecule has 0 N–H and O–H groups in total. The molecule has 166 valence electrons. The lowest BCUT2D eigenvalue weighted by Crippen LogP contribution is -2.43. The number of fused-ring (bicyclic) bond motifs is 2. The standard InChI is InChI=1S/C24H30N2O5/c1-17-13-25(14-18-8-9-20(28-2)12-22(18)31-17)16-23(27)26-10-5-11-30-24-19(15-26)6-4-7-21(24)29-3/h4,6-9,12,17H,5,10-11,13-16H2,1-3H3. The smallest absolute Gasteiger partial charge is 0.237 e. The Hall–Kier alpha value is -2.93. The molecule has 0 saturated heterocycles. The van der Waals surface area contributed by atoms with Crippen molar-refractivity contribution in [2.24, 2.45) is 0 Å². The van der Waals surface area contributed by atoms with E-state index in [1.807, 2.05) is 48.2 Å². The van der Waals surface area contributed by atoms with Crippen LogP contribution in [0.1, 0.15) is 24.5 Å². The zero-order valence-corrected chi connectivity index (χ0v) is 18.4. The highest BCUT2D eigenvalue weighted by atomic mass is 16.5. The minimum atomic E-state index is -0.0214. The van der Waals surface area contributed by atoms with Crippen LogP contribution in [0.4, 0.5) is 0 Å². The normalized spacial score (nSPS) is 18.9. The maximum absolute atomic E-state index is 13.3. The van der Waals surface area contributed by atoms with Gasteiger partial charge >= 0.3 is 0 Å². The summed E-state index contributed by atoms with van der Waals surface area (Å²) in [5, 5.41) is 0. The molecular weight excluding hydrogens is 396 g/mol. The molecule has 0 spiro atoms. The molecule has 0 fully saturated rings. The van der Waals surface area contributed by atoms with Crippen LogP contribution in [0.2, 0.25) is 0 Å². The summed E-state index contributed by atoms with van der Waals surface area (Å²) in [4.78, 5) is 17.4. The highest BCUT2D eigenvalue weighted by molar-refractivity contribution is 5.78. The van der Waals surface area contributed by atoms with Crippen LogP contribution in [-0.4, -0.2) is 62.3 Å². The lowest BCUT2D eigenvalue weighted by Gasteiger charge is -2.30. The second-order valence-corrected chi connectivity index (χ2v) is 8.04. The molecule has 2 heterocycles. The van der Waals surface area contributed by atoms with Crippen molar-refractivity contribution in [3.05, 3.63) is 47.5 Å². The zero-order valence-electron chi connectivity index (χ0n) is 18.4. The van der Waals surface area contributed by atoms with Crippen molar-refractivity contribution in [3.8, 4) is 23.0 Å². The van der Waals surface area contributed by atoms with Crippen LogP contribution in [-0.2, 0) is 17.9 Å². The first kappa shape index (κ1) is 21.3. The molecule has 0 bridgehead atoms. The third-order valence-electron chi connectivity index (χ3n) is 5.68. The maximum atomic E-state index is 13.3. The molecule has 1 amide bonds. The van der Waals surface area contributed by atoms with E-state index in [1.165, 1.54) is 0 Å². The highest BCUT2D eigenvalue weighted by Gasteiger charge is 2.26. The summed E-state index contributed by atoms with van der Waals surface area (Å²) in [5.41, 5.74) is 2.03. The van der Waals surface area contributed by atoms with Gasteiger partial charge < -0.3 is 23.8 Å². The predicted octanol–water partition coefficient (Wildman–Crippen LogP) is 3.10. The summed E-state index contributed by atoms with van der Waals surface area (Å²) in [6.45, 7) is 5.46. The highest BCUT2D eigenvalue weighted by Crippen LogP contribution is 2.33. The molecule has 0 aromatic heterocycles. The van der Waals surface area contributed by atoms with Gasteiger partial charge in [-0.05, 0) is 25.5 Å². The second kappa shape index (κ2) is 9.47. The molecule has 7 heteroatoms. The fraction of sp³-hybridized carbons (Fsp3) is 0.458. The minimum Gasteiger partial charge on any atom is -0.497 e. The zero-order chi connectivity index (χ0) is 21.8. The van der Waals surface area contributed by atoms with E-state index in [0.717, 1.165) is 34.8 Å². The van der Waals surface area contributed by atoms with E-state index in [2.05, 4.69) is 4.90 Å². The van der Waals surface area contributed by atoms with Crippen molar-refractivity contribution in [1.29, 1.82) is 0 Å². The van der Waals surface area contributed by atoms with E-state index < -0.39 is 0 Å². The first-order chi connectivity index (χ1) is 15.1. The molecular formula is C24H30N2O5. The first-order valence-corrected chi connectivity index (χ1v) is 10.7. The van der Waals surface area contributed by atoms with Gasteiger partial charge in [-0.1, -0.05) is 18.2 Å². The molecule has 31 heavy (non-hydrogen) atoms. The third kappa shape index (κ3) is 4.88. The van der Waals surface area contributed by atoms with Crippen molar-refractivity contribution in [1.82, 2.24) is 9.80 Å². The van der Waals surface area contributed by atoms with Crippen molar-refractivity contribution in [2.75, 3.05) is 40.5 Å².